The summed E-state index contributed by atoms with van der Waals surface area (Å²) in [6.07, 6.45) is 0.496. The van der Waals surface area contributed by atoms with Crippen LogP contribution in [0.2, 0.25) is 0 Å². The molecule has 1 aromatic carbocycles. The zero-order chi connectivity index (χ0) is 24.1. The molecule has 2 aromatic heterocycles. The summed E-state index contributed by atoms with van der Waals surface area (Å²) >= 11 is 0. The van der Waals surface area contributed by atoms with Crippen molar-refractivity contribution in [2.45, 2.75) is 32.7 Å². The third kappa shape index (κ3) is 5.25. The summed E-state index contributed by atoms with van der Waals surface area (Å²) in [5, 5.41) is 6.25. The van der Waals surface area contributed by atoms with Crippen LogP contribution >= 0.6 is 0 Å². The molecule has 2 N–H and O–H groups in total. The Kier molecular flexibility index (Phi) is 6.91. The molecule has 0 spiro atoms. The molecule has 176 valence electrons. The predicted octanol–water partition coefficient (Wildman–Crippen LogP) is 3.48. The molecule has 3 heterocycles. The number of amides is 2. The number of benzene rings is 1. The van der Waals surface area contributed by atoms with Crippen molar-refractivity contribution in [3.8, 4) is 0 Å². The summed E-state index contributed by atoms with van der Waals surface area (Å²) in [4.78, 5) is 41.9. The van der Waals surface area contributed by atoms with E-state index in [1.807, 2.05) is 36.4 Å². The van der Waals surface area contributed by atoms with Gasteiger partial charge in [-0.15, -0.1) is 0 Å². The lowest BCUT2D eigenvalue weighted by molar-refractivity contribution is -0.143. The first-order chi connectivity index (χ1) is 16.4. The van der Waals surface area contributed by atoms with Crippen molar-refractivity contribution in [2.75, 3.05) is 13.2 Å². The number of ether oxygens (including phenoxy) is 2. The quantitative estimate of drug-likeness (QED) is 0.491. The number of carbonyl (C=O) groups is 3. The molecule has 34 heavy (non-hydrogen) atoms. The minimum absolute atomic E-state index is 0.0976. The van der Waals surface area contributed by atoms with Crippen molar-refractivity contribution >= 4 is 28.9 Å². The van der Waals surface area contributed by atoms with E-state index in [2.05, 4.69) is 15.6 Å². The number of rotatable bonds is 8. The number of pyridine rings is 1. The Hall–Kier alpha value is -4.14. The molecule has 9 nitrogen and oxygen atoms in total. The molecule has 1 aliphatic rings. The van der Waals surface area contributed by atoms with Crippen LogP contribution < -0.4 is 10.6 Å². The molecule has 3 aromatic rings. The molecule has 0 radical (unpaired) electrons. The van der Waals surface area contributed by atoms with Gasteiger partial charge in [0.2, 0.25) is 0 Å². The number of hydrogen-bond donors (Lipinski definition) is 2. The van der Waals surface area contributed by atoms with E-state index in [0.717, 1.165) is 16.6 Å². The third-order valence-corrected chi connectivity index (χ3v) is 5.31. The largest absolute Gasteiger partial charge is 0.464 e. The second-order valence-electron chi connectivity index (χ2n) is 7.75. The fourth-order valence-corrected chi connectivity index (χ4v) is 3.71. The predicted molar refractivity (Wildman–Crippen MR) is 123 cm³/mol. The van der Waals surface area contributed by atoms with Gasteiger partial charge in [0.15, 0.2) is 0 Å². The second kappa shape index (κ2) is 10.2. The lowest BCUT2D eigenvalue weighted by Crippen LogP contribution is -2.47. The molecule has 1 atom stereocenters. The summed E-state index contributed by atoms with van der Waals surface area (Å²) in [6, 6.07) is 13.6. The van der Waals surface area contributed by atoms with Crippen LogP contribution in [0.25, 0.3) is 10.9 Å². The molecule has 1 unspecified atom stereocenters. The van der Waals surface area contributed by atoms with Crippen molar-refractivity contribution < 1.29 is 28.3 Å². The van der Waals surface area contributed by atoms with Gasteiger partial charge in [-0.25, -0.2) is 9.59 Å². The average molecular weight is 463 g/mol. The molecule has 9 heteroatoms. The molecule has 1 aliphatic heterocycles. The molecule has 0 saturated heterocycles. The molecule has 4 rings (SSSR count). The number of nitrogens with zero attached hydrogens (tertiary/aromatic N) is 1. The number of para-hydroxylation sites is 1. The van der Waals surface area contributed by atoms with E-state index < -0.39 is 24.0 Å². The maximum Gasteiger partial charge on any atom is 0.338 e. The van der Waals surface area contributed by atoms with Gasteiger partial charge in [0.1, 0.15) is 24.2 Å². The van der Waals surface area contributed by atoms with E-state index in [-0.39, 0.29) is 30.9 Å². The fraction of sp³-hybridized carbons (Fsp3) is 0.280. The zero-order valence-electron chi connectivity index (χ0n) is 18.9. The Labute approximate surface area is 196 Å². The van der Waals surface area contributed by atoms with E-state index in [9.17, 15) is 14.4 Å². The highest BCUT2D eigenvalue weighted by molar-refractivity contribution is 5.95. The SMILES string of the molecule is CCOC(=O)C1=C(COC(=O)CCc2ccc3ccccc3n2)NC(=O)NC1c1ccc(C)o1. The molecule has 0 fully saturated rings. The number of carbonyl (C=O) groups excluding carboxylic acids is 3. The topological polar surface area (TPSA) is 120 Å². The third-order valence-electron chi connectivity index (χ3n) is 5.31. The smallest absolute Gasteiger partial charge is 0.338 e. The molecule has 0 bridgehead atoms. The number of esters is 2. The number of hydrogen-bond acceptors (Lipinski definition) is 7. The Balaban J connectivity index is 1.46. The number of urea groups is 1. The number of aromatic nitrogens is 1. The average Bonchev–Trinajstić information content (AvgIpc) is 3.27. The molecule has 2 amide bonds. The van der Waals surface area contributed by atoms with Crippen LogP contribution in [0, 0.1) is 6.92 Å². The summed E-state index contributed by atoms with van der Waals surface area (Å²) in [7, 11) is 0. The molecule has 0 aliphatic carbocycles. The van der Waals surface area contributed by atoms with Gasteiger partial charge < -0.3 is 24.5 Å². The van der Waals surface area contributed by atoms with E-state index in [4.69, 9.17) is 13.9 Å². The minimum atomic E-state index is -0.864. The van der Waals surface area contributed by atoms with Crippen molar-refractivity contribution in [2.24, 2.45) is 0 Å². The molecule has 0 saturated carbocycles. The van der Waals surface area contributed by atoms with Gasteiger partial charge in [-0.3, -0.25) is 9.78 Å². The number of aryl methyl sites for hydroxylation is 2. The first-order valence-corrected chi connectivity index (χ1v) is 11.0. The monoisotopic (exact) mass is 463 g/mol. The van der Waals surface area contributed by atoms with E-state index in [1.54, 1.807) is 26.0 Å². The van der Waals surface area contributed by atoms with Gasteiger partial charge in [0.25, 0.3) is 0 Å². The van der Waals surface area contributed by atoms with Gasteiger partial charge in [-0.2, -0.15) is 0 Å². The van der Waals surface area contributed by atoms with Crippen LogP contribution in [0.15, 0.2) is 64.2 Å². The Morgan fingerprint density at radius 1 is 1.09 bits per heavy atom. The Bertz CT molecular complexity index is 1260. The Morgan fingerprint density at radius 3 is 2.68 bits per heavy atom. The van der Waals surface area contributed by atoms with Crippen LogP contribution in [0.5, 0.6) is 0 Å². The molecular formula is C25H25N3O6. The minimum Gasteiger partial charge on any atom is -0.464 e. The zero-order valence-corrected chi connectivity index (χ0v) is 18.9. The number of fused-ring (bicyclic) bond motifs is 1. The van der Waals surface area contributed by atoms with Gasteiger partial charge in [-0.1, -0.05) is 24.3 Å². The second-order valence-corrected chi connectivity index (χ2v) is 7.75. The van der Waals surface area contributed by atoms with Crippen LogP contribution in [0.1, 0.15) is 36.6 Å². The first-order valence-electron chi connectivity index (χ1n) is 11.0. The highest BCUT2D eigenvalue weighted by Crippen LogP contribution is 2.29. The summed E-state index contributed by atoms with van der Waals surface area (Å²) in [6.45, 7) is 3.29. The number of furan rings is 1. The highest BCUT2D eigenvalue weighted by Gasteiger charge is 2.36. The summed E-state index contributed by atoms with van der Waals surface area (Å²) < 4.78 is 16.2. The van der Waals surface area contributed by atoms with Crippen molar-refractivity contribution in [1.29, 1.82) is 0 Å². The maximum atomic E-state index is 12.7. The van der Waals surface area contributed by atoms with Gasteiger partial charge >= 0.3 is 18.0 Å². The van der Waals surface area contributed by atoms with Gasteiger partial charge in [-0.05, 0) is 38.1 Å². The van der Waals surface area contributed by atoms with Crippen LogP contribution in [0.4, 0.5) is 4.79 Å². The van der Waals surface area contributed by atoms with Gasteiger partial charge in [0.05, 0.1) is 29.8 Å². The van der Waals surface area contributed by atoms with Gasteiger partial charge in [0, 0.05) is 17.5 Å². The Morgan fingerprint density at radius 2 is 1.91 bits per heavy atom. The number of nitrogens with one attached hydrogen (secondary N) is 2. The maximum absolute atomic E-state index is 12.7. The highest BCUT2D eigenvalue weighted by atomic mass is 16.5. The standard InChI is InChI=1S/C25H25N3O6/c1-3-32-24(30)22-19(27-25(31)28-23(22)20-12-8-15(2)34-20)14-33-21(29)13-11-17-10-9-16-6-4-5-7-18(16)26-17/h4-10,12,23H,3,11,13-14H2,1-2H3,(H2,27,28,31). The van der Waals surface area contributed by atoms with E-state index in [1.165, 1.54) is 0 Å². The van der Waals surface area contributed by atoms with Crippen molar-refractivity contribution in [3.63, 3.8) is 0 Å². The lowest BCUT2D eigenvalue weighted by Gasteiger charge is -2.27. The molecular weight excluding hydrogens is 438 g/mol. The normalized spacial score (nSPS) is 15.6. The summed E-state index contributed by atoms with van der Waals surface area (Å²) in [5.41, 5.74) is 1.90. The fourth-order valence-electron chi connectivity index (χ4n) is 3.71. The first kappa shape index (κ1) is 23.0. The van der Waals surface area contributed by atoms with Crippen molar-refractivity contribution in [1.82, 2.24) is 15.6 Å². The van der Waals surface area contributed by atoms with E-state index >= 15 is 0 Å². The van der Waals surface area contributed by atoms with Crippen LogP contribution in [0.3, 0.4) is 0 Å². The van der Waals surface area contributed by atoms with Crippen LogP contribution in [-0.4, -0.2) is 36.2 Å². The van der Waals surface area contributed by atoms with E-state index in [0.29, 0.717) is 17.9 Å². The van der Waals surface area contributed by atoms with Crippen LogP contribution in [-0.2, 0) is 25.5 Å². The summed E-state index contributed by atoms with van der Waals surface area (Å²) in [5.74, 6) is -0.118. The van der Waals surface area contributed by atoms with Crippen molar-refractivity contribution in [3.05, 3.63) is 77.0 Å². The lowest BCUT2D eigenvalue weighted by atomic mass is 10.0.